The molecular formula is C38H32S2+2. The Balaban J connectivity index is 1.70. The van der Waals surface area contributed by atoms with Gasteiger partial charge in [0, 0.05) is 46.2 Å². The van der Waals surface area contributed by atoms with Crippen molar-refractivity contribution in [3.05, 3.63) is 118 Å². The lowest BCUT2D eigenvalue weighted by Crippen LogP contribution is -1.94. The summed E-state index contributed by atoms with van der Waals surface area (Å²) in [5.74, 6) is 0. The standard InChI is InChI=1S/C38H32S2/c1-21-15-23(3)35(24(4)16-21)37-27-11-7-9-13-31(27)39-33-20-30-34(19-29(33)37)40-32-14-10-8-12-28(32)38(30)36-25(5)17-22(2)18-26(36)6/h7-20H,1-6H3/q+2. The molecule has 0 spiro atoms. The molecule has 0 nitrogen and oxygen atoms in total. The minimum Gasteiger partial charge on any atom is -0.0612 e. The average molecular weight is 553 g/mol. The van der Waals surface area contributed by atoms with Crippen LogP contribution in [0.3, 0.4) is 0 Å². The third-order valence-corrected chi connectivity index (χ3v) is 10.5. The molecule has 2 heterocycles. The first-order chi connectivity index (χ1) is 19.3. The normalized spacial score (nSPS) is 11.8. The number of rotatable bonds is 2. The van der Waals surface area contributed by atoms with Crippen LogP contribution >= 0.6 is 22.7 Å². The van der Waals surface area contributed by atoms with Gasteiger partial charge >= 0.3 is 0 Å². The molecule has 0 fully saturated rings. The average Bonchev–Trinajstić information content (AvgIpc) is 2.90. The highest BCUT2D eigenvalue weighted by atomic mass is 32.1. The first kappa shape index (κ1) is 25.3. The van der Waals surface area contributed by atoms with E-state index >= 15 is 0 Å². The first-order valence-electron chi connectivity index (χ1n) is 13.9. The van der Waals surface area contributed by atoms with Gasteiger partial charge in [-0.05, 0) is 87.1 Å². The van der Waals surface area contributed by atoms with Crippen molar-refractivity contribution in [1.29, 1.82) is 0 Å². The lowest BCUT2D eigenvalue weighted by molar-refractivity contribution is 1.33. The van der Waals surface area contributed by atoms with Crippen molar-refractivity contribution < 1.29 is 0 Å². The molecule has 0 radical (unpaired) electrons. The van der Waals surface area contributed by atoms with Gasteiger partial charge in [0.15, 0.2) is 0 Å². The summed E-state index contributed by atoms with van der Waals surface area (Å²) in [6.07, 6.45) is 0. The largest absolute Gasteiger partial charge is 0.240 e. The predicted octanol–water partition coefficient (Wildman–Crippen LogP) is 12.2. The van der Waals surface area contributed by atoms with Crippen LogP contribution in [0.5, 0.6) is 0 Å². The number of fused-ring (bicyclic) bond motifs is 4. The lowest BCUT2D eigenvalue weighted by Gasteiger charge is -2.15. The van der Waals surface area contributed by atoms with Crippen LogP contribution in [0, 0.1) is 41.5 Å². The van der Waals surface area contributed by atoms with Crippen molar-refractivity contribution >= 4 is 63.0 Å². The Bertz CT molecular complexity index is 1970. The monoisotopic (exact) mass is 552 g/mol. The Hall–Kier alpha value is -3.72. The van der Waals surface area contributed by atoms with Crippen molar-refractivity contribution in [2.45, 2.75) is 41.5 Å². The Labute approximate surface area is 244 Å². The Morgan fingerprint density at radius 3 is 1.07 bits per heavy atom. The molecule has 0 aliphatic heterocycles. The third kappa shape index (κ3) is 3.93. The molecule has 7 aromatic rings. The summed E-state index contributed by atoms with van der Waals surface area (Å²) >= 11 is 3.83. The Morgan fingerprint density at radius 1 is 0.350 bits per heavy atom. The zero-order valence-electron chi connectivity index (χ0n) is 23.9. The third-order valence-electron chi connectivity index (χ3n) is 8.23. The van der Waals surface area contributed by atoms with E-state index in [2.05, 4.69) is 126 Å². The van der Waals surface area contributed by atoms with Crippen molar-refractivity contribution in [3.63, 3.8) is 0 Å². The smallest absolute Gasteiger partial charge is 0.0612 e. The van der Waals surface area contributed by atoms with Crippen LogP contribution < -0.4 is 0 Å². The van der Waals surface area contributed by atoms with Gasteiger partial charge in [0.2, 0.25) is 41.5 Å². The fourth-order valence-electron chi connectivity index (χ4n) is 6.86. The van der Waals surface area contributed by atoms with Gasteiger partial charge in [0.25, 0.3) is 0 Å². The van der Waals surface area contributed by atoms with Crippen molar-refractivity contribution in [1.82, 2.24) is 0 Å². The molecule has 0 bridgehead atoms. The SMILES string of the molecule is Cc1cc(C)c(-c2c3ccccc3[s+]c3cc4c(-c5c(C)cc(C)cc5C)c5ccccc5[s+]c4cc23)c(C)c1. The topological polar surface area (TPSA) is 0 Å². The second kappa shape index (κ2) is 9.44. The maximum absolute atomic E-state index is 2.49. The van der Waals surface area contributed by atoms with Crippen LogP contribution in [-0.4, -0.2) is 0 Å². The van der Waals surface area contributed by atoms with Crippen molar-refractivity contribution in [2.24, 2.45) is 0 Å². The van der Waals surface area contributed by atoms with Crippen LogP contribution in [0.25, 0.3) is 62.6 Å². The number of aryl methyl sites for hydroxylation is 6. The van der Waals surface area contributed by atoms with Crippen LogP contribution in [0.15, 0.2) is 84.9 Å². The summed E-state index contributed by atoms with van der Waals surface area (Å²) in [5, 5.41) is 5.37. The zero-order chi connectivity index (χ0) is 27.7. The molecule has 0 aliphatic rings. The molecule has 0 aliphatic carbocycles. The zero-order valence-corrected chi connectivity index (χ0v) is 25.5. The highest BCUT2D eigenvalue weighted by Gasteiger charge is 2.27. The van der Waals surface area contributed by atoms with Crippen LogP contribution in [-0.2, 0) is 0 Å². The molecule has 0 saturated carbocycles. The molecule has 194 valence electrons. The quantitative estimate of drug-likeness (QED) is 0.148. The Morgan fingerprint density at radius 2 is 0.700 bits per heavy atom. The summed E-state index contributed by atoms with van der Waals surface area (Å²) in [7, 11) is 0. The van der Waals surface area contributed by atoms with E-state index in [4.69, 9.17) is 0 Å². The maximum Gasteiger partial charge on any atom is 0.240 e. The van der Waals surface area contributed by atoms with Gasteiger partial charge < -0.3 is 0 Å². The van der Waals surface area contributed by atoms with E-state index in [1.807, 2.05) is 22.7 Å². The van der Waals surface area contributed by atoms with Gasteiger partial charge in [-0.2, -0.15) is 0 Å². The van der Waals surface area contributed by atoms with E-state index in [1.54, 1.807) is 0 Å². The fraction of sp³-hybridized carbons (Fsp3) is 0.158. The number of hydrogen-bond acceptors (Lipinski definition) is 0. The summed E-state index contributed by atoms with van der Waals surface area (Å²) in [6.45, 7) is 13.5. The molecule has 7 rings (SSSR count). The first-order valence-corrected chi connectivity index (χ1v) is 15.6. The predicted molar refractivity (Wildman–Crippen MR) is 180 cm³/mol. The number of benzene rings is 5. The van der Waals surface area contributed by atoms with Gasteiger partial charge in [-0.1, -0.05) is 59.7 Å². The van der Waals surface area contributed by atoms with Crippen molar-refractivity contribution in [3.8, 4) is 22.3 Å². The second-order valence-electron chi connectivity index (χ2n) is 11.3. The minimum absolute atomic E-state index is 1.32. The van der Waals surface area contributed by atoms with Gasteiger partial charge in [-0.25, -0.2) is 0 Å². The van der Waals surface area contributed by atoms with E-state index < -0.39 is 0 Å². The summed E-state index contributed by atoms with van der Waals surface area (Å²) in [5.41, 5.74) is 13.5. The molecule has 0 N–H and O–H groups in total. The molecule has 5 aromatic carbocycles. The van der Waals surface area contributed by atoms with Crippen LogP contribution in [0.1, 0.15) is 33.4 Å². The minimum atomic E-state index is 1.32. The maximum atomic E-state index is 2.49. The lowest BCUT2D eigenvalue weighted by atomic mass is 9.88. The molecule has 0 unspecified atom stereocenters. The number of hydrogen-bond donors (Lipinski definition) is 0. The van der Waals surface area contributed by atoms with Crippen molar-refractivity contribution in [2.75, 3.05) is 0 Å². The molecule has 2 aromatic heterocycles. The van der Waals surface area contributed by atoms with Crippen LogP contribution in [0.4, 0.5) is 0 Å². The second-order valence-corrected chi connectivity index (χ2v) is 13.5. The fourth-order valence-corrected chi connectivity index (χ4v) is 9.08. The Kier molecular flexibility index (Phi) is 5.96. The van der Waals surface area contributed by atoms with E-state index in [0.717, 1.165) is 0 Å². The molecule has 40 heavy (non-hydrogen) atoms. The van der Waals surface area contributed by atoms with E-state index in [1.165, 1.54) is 96.0 Å². The molecule has 0 amide bonds. The molecule has 0 atom stereocenters. The van der Waals surface area contributed by atoms with E-state index in [9.17, 15) is 0 Å². The highest BCUT2D eigenvalue weighted by Crippen LogP contribution is 2.47. The van der Waals surface area contributed by atoms with E-state index in [0.29, 0.717) is 0 Å². The van der Waals surface area contributed by atoms with Gasteiger partial charge in [0.1, 0.15) is 0 Å². The van der Waals surface area contributed by atoms with Crippen LogP contribution in [0.2, 0.25) is 0 Å². The summed E-state index contributed by atoms with van der Waals surface area (Å²) < 4.78 is 5.34. The van der Waals surface area contributed by atoms with Gasteiger partial charge in [-0.3, -0.25) is 0 Å². The van der Waals surface area contributed by atoms with E-state index in [-0.39, 0.29) is 0 Å². The highest BCUT2D eigenvalue weighted by molar-refractivity contribution is 7.26. The molecular weight excluding hydrogens is 521 g/mol. The van der Waals surface area contributed by atoms with Gasteiger partial charge in [-0.15, -0.1) is 0 Å². The summed E-state index contributed by atoms with van der Waals surface area (Å²) in [6, 6.07) is 32.2. The molecule has 0 saturated heterocycles. The van der Waals surface area contributed by atoms with Gasteiger partial charge in [0.05, 0.1) is 10.8 Å². The summed E-state index contributed by atoms with van der Waals surface area (Å²) in [4.78, 5) is 0. The molecule has 2 heteroatoms.